The molecule has 3 N–H and O–H groups in total. The highest BCUT2D eigenvalue weighted by Gasteiger charge is 2.13. The molecule has 0 aliphatic rings. The molecule has 0 aliphatic carbocycles. The Morgan fingerprint density at radius 1 is 1.18 bits per heavy atom. The van der Waals surface area contributed by atoms with Crippen LogP contribution in [0, 0.1) is 0 Å². The molecule has 1 heterocycles. The first-order chi connectivity index (χ1) is 10.6. The lowest BCUT2D eigenvalue weighted by molar-refractivity contribution is 0.0918. The fraction of sp³-hybridized carbons (Fsp3) is 0.118. The van der Waals surface area contributed by atoms with Crippen LogP contribution in [0.25, 0.3) is 10.9 Å². The second-order valence-corrected chi connectivity index (χ2v) is 5.46. The van der Waals surface area contributed by atoms with Gasteiger partial charge in [0.25, 0.3) is 5.91 Å². The Labute approximate surface area is 132 Å². The van der Waals surface area contributed by atoms with Crippen molar-refractivity contribution in [1.29, 1.82) is 0 Å². The molecule has 1 atom stereocenters. The number of aromatic nitrogens is 1. The van der Waals surface area contributed by atoms with Crippen molar-refractivity contribution in [3.8, 4) is 0 Å². The van der Waals surface area contributed by atoms with Crippen LogP contribution < -0.4 is 5.32 Å². The highest BCUT2D eigenvalue weighted by Crippen LogP contribution is 2.18. The van der Waals surface area contributed by atoms with Crippen LogP contribution in [0.15, 0.2) is 54.7 Å². The molecule has 0 fully saturated rings. The van der Waals surface area contributed by atoms with E-state index in [2.05, 4.69) is 10.3 Å². The number of halogens is 1. The van der Waals surface area contributed by atoms with Crippen LogP contribution in [-0.4, -0.2) is 22.5 Å². The average Bonchev–Trinajstić information content (AvgIpc) is 3.01. The number of aliphatic hydroxyl groups is 1. The average molecular weight is 315 g/mol. The first kappa shape index (κ1) is 14.6. The number of amides is 1. The van der Waals surface area contributed by atoms with Crippen molar-refractivity contribution in [3.63, 3.8) is 0 Å². The van der Waals surface area contributed by atoms with Crippen molar-refractivity contribution in [2.75, 3.05) is 6.54 Å². The molecule has 0 bridgehead atoms. The first-order valence-corrected chi connectivity index (χ1v) is 7.31. The van der Waals surface area contributed by atoms with Crippen molar-refractivity contribution in [2.24, 2.45) is 0 Å². The lowest BCUT2D eigenvalue weighted by Crippen LogP contribution is -2.28. The van der Waals surface area contributed by atoms with Gasteiger partial charge in [-0.2, -0.15) is 0 Å². The van der Waals surface area contributed by atoms with E-state index < -0.39 is 6.10 Å². The second-order valence-electron chi connectivity index (χ2n) is 5.02. The predicted octanol–water partition coefficient (Wildman–Crippen LogP) is 3.28. The first-order valence-electron chi connectivity index (χ1n) is 6.93. The SMILES string of the molecule is O=C(NCC(O)c1ccc(Cl)cc1)c1cccc2cc[nH]c12. The molecule has 3 rings (SSSR count). The molecular formula is C17H15ClN2O2. The summed E-state index contributed by atoms with van der Waals surface area (Å²) in [5.74, 6) is -0.221. The lowest BCUT2D eigenvalue weighted by Gasteiger charge is -2.12. The van der Waals surface area contributed by atoms with Gasteiger partial charge >= 0.3 is 0 Å². The van der Waals surface area contributed by atoms with Gasteiger partial charge in [-0.05, 0) is 29.8 Å². The summed E-state index contributed by atoms with van der Waals surface area (Å²) in [6.45, 7) is 0.136. The number of hydrogen-bond donors (Lipinski definition) is 3. The molecule has 0 spiro atoms. The molecule has 2 aromatic carbocycles. The lowest BCUT2D eigenvalue weighted by atomic mass is 10.1. The number of aliphatic hydroxyl groups excluding tert-OH is 1. The summed E-state index contributed by atoms with van der Waals surface area (Å²) >= 11 is 5.81. The van der Waals surface area contributed by atoms with Gasteiger partial charge in [-0.1, -0.05) is 35.9 Å². The third kappa shape index (κ3) is 2.98. The van der Waals surface area contributed by atoms with Gasteiger partial charge in [-0.15, -0.1) is 0 Å². The minimum absolute atomic E-state index is 0.136. The van der Waals surface area contributed by atoms with Crippen molar-refractivity contribution < 1.29 is 9.90 Å². The summed E-state index contributed by atoms with van der Waals surface area (Å²) in [5.41, 5.74) is 2.06. The molecule has 3 aromatic rings. The van der Waals surface area contributed by atoms with Gasteiger partial charge in [0.05, 0.1) is 17.2 Å². The Bertz CT molecular complexity index is 796. The highest BCUT2D eigenvalue weighted by molar-refractivity contribution is 6.30. The number of nitrogens with one attached hydrogen (secondary N) is 2. The zero-order valence-electron chi connectivity index (χ0n) is 11.7. The fourth-order valence-corrected chi connectivity index (χ4v) is 2.49. The number of rotatable bonds is 4. The second kappa shape index (κ2) is 6.22. The minimum Gasteiger partial charge on any atom is -0.387 e. The maximum absolute atomic E-state index is 12.3. The summed E-state index contributed by atoms with van der Waals surface area (Å²) in [4.78, 5) is 15.3. The molecule has 0 radical (unpaired) electrons. The largest absolute Gasteiger partial charge is 0.387 e. The number of hydrogen-bond acceptors (Lipinski definition) is 2. The van der Waals surface area contributed by atoms with Gasteiger partial charge in [-0.3, -0.25) is 4.79 Å². The van der Waals surface area contributed by atoms with E-state index in [1.165, 1.54) is 0 Å². The maximum atomic E-state index is 12.3. The molecule has 112 valence electrons. The molecule has 0 saturated heterocycles. The van der Waals surface area contributed by atoms with Gasteiger partial charge in [0.1, 0.15) is 0 Å². The van der Waals surface area contributed by atoms with Crippen LogP contribution in [0.5, 0.6) is 0 Å². The summed E-state index contributed by atoms with van der Waals surface area (Å²) in [6.07, 6.45) is 1.02. The molecule has 4 nitrogen and oxygen atoms in total. The molecule has 5 heteroatoms. The molecule has 1 amide bonds. The predicted molar refractivity (Wildman–Crippen MR) is 87.0 cm³/mol. The van der Waals surface area contributed by atoms with Crippen LogP contribution >= 0.6 is 11.6 Å². The van der Waals surface area contributed by atoms with Crippen LogP contribution in [-0.2, 0) is 0 Å². The topological polar surface area (TPSA) is 65.1 Å². The number of para-hydroxylation sites is 1. The van der Waals surface area contributed by atoms with Crippen LogP contribution in [0.4, 0.5) is 0 Å². The van der Waals surface area contributed by atoms with Gasteiger partial charge in [0, 0.05) is 23.2 Å². The smallest absolute Gasteiger partial charge is 0.253 e. The van der Waals surface area contributed by atoms with Gasteiger partial charge in [0.15, 0.2) is 0 Å². The molecular weight excluding hydrogens is 300 g/mol. The molecule has 0 saturated carbocycles. The zero-order chi connectivity index (χ0) is 15.5. The molecule has 1 unspecified atom stereocenters. The highest BCUT2D eigenvalue weighted by atomic mass is 35.5. The van der Waals surface area contributed by atoms with Crippen molar-refractivity contribution in [1.82, 2.24) is 10.3 Å². The van der Waals surface area contributed by atoms with E-state index >= 15 is 0 Å². The van der Waals surface area contributed by atoms with Crippen molar-refractivity contribution in [3.05, 3.63) is 70.9 Å². The number of H-pyrrole nitrogens is 1. The number of aromatic amines is 1. The minimum atomic E-state index is -0.774. The van der Waals surface area contributed by atoms with E-state index in [-0.39, 0.29) is 12.5 Å². The zero-order valence-corrected chi connectivity index (χ0v) is 12.5. The third-order valence-corrected chi connectivity index (χ3v) is 3.79. The summed E-state index contributed by atoms with van der Waals surface area (Å²) in [6, 6.07) is 14.3. The van der Waals surface area contributed by atoms with E-state index in [1.807, 2.05) is 18.2 Å². The van der Waals surface area contributed by atoms with Gasteiger partial charge in [-0.25, -0.2) is 0 Å². The van der Waals surface area contributed by atoms with Crippen molar-refractivity contribution in [2.45, 2.75) is 6.10 Å². The van der Waals surface area contributed by atoms with E-state index in [4.69, 9.17) is 11.6 Å². The quantitative estimate of drug-likeness (QED) is 0.692. The summed E-state index contributed by atoms with van der Waals surface area (Å²) in [5, 5.41) is 14.5. The van der Waals surface area contributed by atoms with E-state index in [9.17, 15) is 9.90 Å². The van der Waals surface area contributed by atoms with Crippen LogP contribution in [0.2, 0.25) is 5.02 Å². The Hall–Kier alpha value is -2.30. The van der Waals surface area contributed by atoms with Gasteiger partial charge in [0.2, 0.25) is 0 Å². The Morgan fingerprint density at radius 3 is 2.73 bits per heavy atom. The fourth-order valence-electron chi connectivity index (χ4n) is 2.36. The monoisotopic (exact) mass is 314 g/mol. The Morgan fingerprint density at radius 2 is 1.95 bits per heavy atom. The maximum Gasteiger partial charge on any atom is 0.253 e. The Kier molecular flexibility index (Phi) is 4.13. The van der Waals surface area contributed by atoms with Gasteiger partial charge < -0.3 is 15.4 Å². The number of fused-ring (bicyclic) bond motifs is 1. The number of benzene rings is 2. The van der Waals surface area contributed by atoms with Crippen LogP contribution in [0.3, 0.4) is 0 Å². The van der Waals surface area contributed by atoms with Crippen LogP contribution in [0.1, 0.15) is 22.0 Å². The molecule has 0 aliphatic heterocycles. The van der Waals surface area contributed by atoms with E-state index in [1.54, 1.807) is 36.5 Å². The molecule has 22 heavy (non-hydrogen) atoms. The summed E-state index contributed by atoms with van der Waals surface area (Å²) in [7, 11) is 0. The normalized spacial score (nSPS) is 12.3. The van der Waals surface area contributed by atoms with Crippen molar-refractivity contribution >= 4 is 28.4 Å². The number of carbonyl (C=O) groups excluding carboxylic acids is 1. The standard InChI is InChI=1S/C17H15ClN2O2/c18-13-6-4-11(5-7-13)15(21)10-20-17(22)14-3-1-2-12-8-9-19-16(12)14/h1-9,15,19,21H,10H2,(H,20,22). The molecule has 1 aromatic heterocycles. The third-order valence-electron chi connectivity index (χ3n) is 3.54. The number of carbonyl (C=O) groups is 1. The van der Waals surface area contributed by atoms with E-state index in [0.29, 0.717) is 16.1 Å². The Balaban J connectivity index is 1.69. The summed E-state index contributed by atoms with van der Waals surface area (Å²) < 4.78 is 0. The van der Waals surface area contributed by atoms with E-state index in [0.717, 1.165) is 10.9 Å².